The Labute approximate surface area is 106 Å². The molecule has 0 aromatic rings. The number of hydrogen-bond acceptors (Lipinski definition) is 2. The van der Waals surface area contributed by atoms with Gasteiger partial charge in [0, 0.05) is 6.42 Å². The van der Waals surface area contributed by atoms with Gasteiger partial charge in [0.05, 0.1) is 5.54 Å². The summed E-state index contributed by atoms with van der Waals surface area (Å²) in [7, 11) is 0. The molecule has 98 valence electrons. The second-order valence-corrected chi connectivity index (χ2v) is 6.38. The van der Waals surface area contributed by atoms with E-state index < -0.39 is 0 Å². The van der Waals surface area contributed by atoms with Crippen molar-refractivity contribution in [1.29, 1.82) is 0 Å². The largest absolute Gasteiger partial charge is 0.298 e. The van der Waals surface area contributed by atoms with Crippen LogP contribution in [0.4, 0.5) is 0 Å². The molecule has 0 spiro atoms. The highest BCUT2D eigenvalue weighted by molar-refractivity contribution is 5.87. The summed E-state index contributed by atoms with van der Waals surface area (Å²) < 4.78 is 0. The van der Waals surface area contributed by atoms with Crippen LogP contribution in [0.1, 0.15) is 65.2 Å². The third-order valence-corrected chi connectivity index (χ3v) is 4.78. The van der Waals surface area contributed by atoms with Crippen LogP contribution >= 0.6 is 0 Å². The summed E-state index contributed by atoms with van der Waals surface area (Å²) in [5, 5.41) is 0. The van der Waals surface area contributed by atoms with E-state index in [1.165, 1.54) is 44.9 Å². The number of hydrogen-bond donors (Lipinski definition) is 0. The Kier molecular flexibility index (Phi) is 4.24. The van der Waals surface area contributed by atoms with Gasteiger partial charge in [-0.2, -0.15) is 0 Å². The van der Waals surface area contributed by atoms with E-state index in [2.05, 4.69) is 18.7 Å². The average molecular weight is 237 g/mol. The molecule has 0 radical (unpaired) electrons. The summed E-state index contributed by atoms with van der Waals surface area (Å²) in [6.45, 7) is 6.51. The van der Waals surface area contributed by atoms with E-state index in [1.807, 2.05) is 0 Å². The number of likely N-dealkylation sites (tertiary alicyclic amines) is 1. The van der Waals surface area contributed by atoms with Crippen LogP contribution in [-0.4, -0.2) is 29.3 Å². The van der Waals surface area contributed by atoms with Crippen LogP contribution in [-0.2, 0) is 4.79 Å². The van der Waals surface area contributed by atoms with E-state index >= 15 is 0 Å². The van der Waals surface area contributed by atoms with Crippen LogP contribution < -0.4 is 0 Å². The second-order valence-electron chi connectivity index (χ2n) is 6.38. The minimum Gasteiger partial charge on any atom is -0.298 e. The Morgan fingerprint density at radius 1 is 1.06 bits per heavy atom. The number of nitrogens with zero attached hydrogens (tertiary/aromatic N) is 1. The Balaban J connectivity index is 1.91. The van der Waals surface area contributed by atoms with Gasteiger partial charge in [-0.05, 0) is 45.7 Å². The summed E-state index contributed by atoms with van der Waals surface area (Å²) in [6.07, 6.45) is 9.92. The molecule has 0 aromatic carbocycles. The lowest BCUT2D eigenvalue weighted by Crippen LogP contribution is -2.51. The van der Waals surface area contributed by atoms with Crippen molar-refractivity contribution in [1.82, 2.24) is 4.90 Å². The first-order chi connectivity index (χ1) is 8.10. The molecule has 0 bridgehead atoms. The molecular weight excluding hydrogens is 210 g/mol. The molecule has 0 atom stereocenters. The van der Waals surface area contributed by atoms with Gasteiger partial charge in [0.1, 0.15) is 0 Å². The normalized spacial score (nSPS) is 24.1. The van der Waals surface area contributed by atoms with Gasteiger partial charge in [0.15, 0.2) is 5.78 Å². The van der Waals surface area contributed by atoms with E-state index in [4.69, 9.17) is 0 Å². The van der Waals surface area contributed by atoms with Gasteiger partial charge >= 0.3 is 0 Å². The van der Waals surface area contributed by atoms with Crippen molar-refractivity contribution in [2.45, 2.75) is 70.8 Å². The van der Waals surface area contributed by atoms with Crippen LogP contribution in [0, 0.1) is 5.92 Å². The molecule has 2 aliphatic rings. The monoisotopic (exact) mass is 237 g/mol. The lowest BCUT2D eigenvalue weighted by atomic mass is 9.78. The molecule has 2 rings (SSSR count). The molecule has 1 saturated heterocycles. The summed E-state index contributed by atoms with van der Waals surface area (Å²) >= 11 is 0. The van der Waals surface area contributed by atoms with E-state index in [-0.39, 0.29) is 5.54 Å². The zero-order chi connectivity index (χ0) is 12.3. The van der Waals surface area contributed by atoms with E-state index in [1.54, 1.807) is 0 Å². The predicted molar refractivity (Wildman–Crippen MR) is 71.1 cm³/mol. The predicted octanol–water partition coefficient (Wildman–Crippen LogP) is 3.40. The molecular formula is C15H27NO. The summed E-state index contributed by atoms with van der Waals surface area (Å²) in [6, 6.07) is 0. The number of ketones is 1. The van der Waals surface area contributed by atoms with Crippen molar-refractivity contribution in [3.05, 3.63) is 0 Å². The molecule has 0 unspecified atom stereocenters. The molecule has 1 heterocycles. The summed E-state index contributed by atoms with van der Waals surface area (Å²) in [4.78, 5) is 14.9. The Bertz CT molecular complexity index is 260. The Morgan fingerprint density at radius 2 is 1.65 bits per heavy atom. The highest BCUT2D eigenvalue weighted by Crippen LogP contribution is 2.32. The molecule has 17 heavy (non-hydrogen) atoms. The number of carbonyl (C=O) groups is 1. The van der Waals surface area contributed by atoms with Gasteiger partial charge in [-0.15, -0.1) is 0 Å². The fraction of sp³-hybridized carbons (Fsp3) is 0.933. The molecule has 2 nitrogen and oxygen atoms in total. The van der Waals surface area contributed by atoms with Crippen LogP contribution in [0.3, 0.4) is 0 Å². The van der Waals surface area contributed by atoms with Crippen LogP contribution in [0.2, 0.25) is 0 Å². The maximum atomic E-state index is 12.4. The van der Waals surface area contributed by atoms with Gasteiger partial charge in [0.2, 0.25) is 0 Å². The minimum absolute atomic E-state index is 0.222. The van der Waals surface area contributed by atoms with Crippen molar-refractivity contribution < 1.29 is 4.79 Å². The van der Waals surface area contributed by atoms with Gasteiger partial charge in [0.25, 0.3) is 0 Å². The standard InChI is InChI=1S/C15H27NO/c1-15(2,14(17)12-13-8-7-9-13)16-10-5-3-4-6-11-16/h13H,3-12H2,1-2H3. The zero-order valence-electron chi connectivity index (χ0n) is 11.5. The SMILES string of the molecule is CC(C)(C(=O)CC1CCC1)N1CCCCCC1. The van der Waals surface area contributed by atoms with E-state index in [0.717, 1.165) is 19.5 Å². The molecule has 2 fully saturated rings. The minimum atomic E-state index is -0.222. The molecule has 0 amide bonds. The lowest BCUT2D eigenvalue weighted by Gasteiger charge is -2.38. The quantitative estimate of drug-likeness (QED) is 0.747. The molecule has 1 saturated carbocycles. The maximum Gasteiger partial charge on any atom is 0.152 e. The smallest absolute Gasteiger partial charge is 0.152 e. The third-order valence-electron chi connectivity index (χ3n) is 4.78. The van der Waals surface area contributed by atoms with Gasteiger partial charge in [-0.1, -0.05) is 32.1 Å². The van der Waals surface area contributed by atoms with Crippen LogP contribution in [0.25, 0.3) is 0 Å². The molecule has 0 aromatic heterocycles. The number of Topliss-reactive ketones (excluding diaryl/α,β-unsaturated/α-hetero) is 1. The van der Waals surface area contributed by atoms with Gasteiger partial charge in [-0.25, -0.2) is 0 Å². The van der Waals surface area contributed by atoms with Crippen molar-refractivity contribution >= 4 is 5.78 Å². The van der Waals surface area contributed by atoms with Crippen molar-refractivity contribution in [2.24, 2.45) is 5.92 Å². The van der Waals surface area contributed by atoms with Crippen molar-refractivity contribution in [3.63, 3.8) is 0 Å². The average Bonchev–Trinajstić information content (AvgIpc) is 2.51. The number of rotatable bonds is 4. The Hall–Kier alpha value is -0.370. The maximum absolute atomic E-state index is 12.4. The zero-order valence-corrected chi connectivity index (χ0v) is 11.5. The second kappa shape index (κ2) is 5.51. The number of carbonyl (C=O) groups excluding carboxylic acids is 1. The van der Waals surface area contributed by atoms with Crippen LogP contribution in [0.5, 0.6) is 0 Å². The fourth-order valence-corrected chi connectivity index (χ4v) is 3.01. The van der Waals surface area contributed by atoms with Gasteiger partial charge in [-0.3, -0.25) is 9.69 Å². The summed E-state index contributed by atoms with van der Waals surface area (Å²) in [5.74, 6) is 1.18. The van der Waals surface area contributed by atoms with Crippen LogP contribution in [0.15, 0.2) is 0 Å². The topological polar surface area (TPSA) is 20.3 Å². The molecule has 1 aliphatic heterocycles. The van der Waals surface area contributed by atoms with Crippen molar-refractivity contribution in [3.8, 4) is 0 Å². The molecule has 2 heteroatoms. The summed E-state index contributed by atoms with van der Waals surface area (Å²) in [5.41, 5.74) is -0.222. The van der Waals surface area contributed by atoms with E-state index in [0.29, 0.717) is 11.7 Å². The highest BCUT2D eigenvalue weighted by atomic mass is 16.1. The first-order valence-corrected chi connectivity index (χ1v) is 7.39. The first-order valence-electron chi connectivity index (χ1n) is 7.39. The molecule has 1 aliphatic carbocycles. The highest BCUT2D eigenvalue weighted by Gasteiger charge is 2.36. The van der Waals surface area contributed by atoms with Crippen molar-refractivity contribution in [2.75, 3.05) is 13.1 Å². The fourth-order valence-electron chi connectivity index (χ4n) is 3.01. The van der Waals surface area contributed by atoms with Gasteiger partial charge < -0.3 is 0 Å². The lowest BCUT2D eigenvalue weighted by molar-refractivity contribution is -0.131. The van der Waals surface area contributed by atoms with E-state index in [9.17, 15) is 4.79 Å². The molecule has 0 N–H and O–H groups in total. The third kappa shape index (κ3) is 3.09. The first kappa shape index (κ1) is 13.1. The Morgan fingerprint density at radius 3 is 2.12 bits per heavy atom.